The van der Waals surface area contributed by atoms with E-state index in [9.17, 15) is 8.42 Å². The lowest BCUT2D eigenvalue weighted by molar-refractivity contribution is 0.587. The summed E-state index contributed by atoms with van der Waals surface area (Å²) in [5.41, 5.74) is 7.71. The Morgan fingerprint density at radius 1 is 1.30 bits per heavy atom. The monoisotopic (exact) mass is 310 g/mol. The van der Waals surface area contributed by atoms with E-state index in [2.05, 4.69) is 9.36 Å². The minimum atomic E-state index is -2.90. The molecule has 8 heteroatoms. The molecule has 0 saturated carbocycles. The van der Waals surface area contributed by atoms with Crippen molar-refractivity contribution in [1.29, 1.82) is 0 Å². The summed E-state index contributed by atoms with van der Waals surface area (Å²) in [5, 5.41) is 0.922. The van der Waals surface area contributed by atoms with Gasteiger partial charge in [-0.2, -0.15) is 4.37 Å². The maximum atomic E-state index is 11.5. The quantitative estimate of drug-likeness (QED) is 0.891. The zero-order valence-corrected chi connectivity index (χ0v) is 12.3. The van der Waals surface area contributed by atoms with Crippen LogP contribution in [0.5, 0.6) is 0 Å². The molecule has 0 bridgehead atoms. The highest BCUT2D eigenvalue weighted by molar-refractivity contribution is 7.91. The molecular formula is C12H14N4O2S2. The van der Waals surface area contributed by atoms with Crippen LogP contribution in [0.2, 0.25) is 0 Å². The van der Waals surface area contributed by atoms with Gasteiger partial charge in [0.25, 0.3) is 0 Å². The number of nitrogens with two attached hydrogens (primary N) is 1. The Bertz CT molecular complexity index is 698. The minimum Gasteiger partial charge on any atom is -0.382 e. The number of sulfone groups is 1. The first-order valence-electron chi connectivity index (χ1n) is 6.18. The van der Waals surface area contributed by atoms with E-state index in [1.54, 1.807) is 12.4 Å². The van der Waals surface area contributed by atoms with Crippen molar-refractivity contribution in [3.63, 3.8) is 0 Å². The molecule has 3 heterocycles. The molecule has 0 radical (unpaired) electrons. The van der Waals surface area contributed by atoms with Gasteiger partial charge in [-0.3, -0.25) is 4.98 Å². The topological polar surface area (TPSA) is 89.2 Å². The van der Waals surface area contributed by atoms with E-state index in [0.717, 1.165) is 16.1 Å². The van der Waals surface area contributed by atoms with Crippen LogP contribution < -0.4 is 10.6 Å². The van der Waals surface area contributed by atoms with Crippen molar-refractivity contribution in [2.24, 2.45) is 0 Å². The van der Waals surface area contributed by atoms with Crippen LogP contribution in [0.15, 0.2) is 24.5 Å². The number of aromatic nitrogens is 2. The second kappa shape index (κ2) is 5.02. The highest BCUT2D eigenvalue weighted by atomic mass is 32.2. The van der Waals surface area contributed by atoms with Crippen molar-refractivity contribution in [3.05, 3.63) is 24.5 Å². The summed E-state index contributed by atoms with van der Waals surface area (Å²) in [4.78, 5) is 6.14. The molecule has 3 rings (SSSR count). The molecule has 0 aliphatic carbocycles. The molecular weight excluding hydrogens is 296 g/mol. The Hall–Kier alpha value is -1.67. The van der Waals surface area contributed by atoms with Crippen LogP contribution >= 0.6 is 11.5 Å². The average molecular weight is 310 g/mol. The van der Waals surface area contributed by atoms with Crippen LogP contribution in [0.3, 0.4) is 0 Å². The molecule has 1 fully saturated rings. The lowest BCUT2D eigenvalue weighted by Gasteiger charge is -2.27. The van der Waals surface area contributed by atoms with Gasteiger partial charge in [-0.15, -0.1) is 0 Å². The summed E-state index contributed by atoms with van der Waals surface area (Å²) >= 11 is 1.31. The number of hydrogen-bond donors (Lipinski definition) is 1. The van der Waals surface area contributed by atoms with Crippen molar-refractivity contribution in [2.75, 3.05) is 35.2 Å². The maximum Gasteiger partial charge on any atom is 0.153 e. The molecule has 0 amide bonds. The zero-order valence-electron chi connectivity index (χ0n) is 10.7. The number of hydrogen-bond acceptors (Lipinski definition) is 7. The van der Waals surface area contributed by atoms with E-state index in [1.807, 2.05) is 17.0 Å². The predicted octanol–water partition coefficient (Wildman–Crippen LogP) is 1.02. The molecule has 2 aromatic heterocycles. The average Bonchev–Trinajstić information content (AvgIpc) is 2.82. The highest BCUT2D eigenvalue weighted by Crippen LogP contribution is 2.39. The Morgan fingerprint density at radius 2 is 2.05 bits per heavy atom. The molecule has 106 valence electrons. The Labute approximate surface area is 121 Å². The molecule has 0 atom stereocenters. The zero-order chi connectivity index (χ0) is 14.2. The molecule has 2 aromatic rings. The first-order chi connectivity index (χ1) is 9.57. The number of rotatable bonds is 2. The lowest BCUT2D eigenvalue weighted by atomic mass is 10.1. The van der Waals surface area contributed by atoms with Gasteiger partial charge in [0.15, 0.2) is 9.84 Å². The van der Waals surface area contributed by atoms with Gasteiger partial charge in [-0.1, -0.05) is 6.07 Å². The van der Waals surface area contributed by atoms with E-state index in [1.165, 1.54) is 11.5 Å². The van der Waals surface area contributed by atoms with Crippen molar-refractivity contribution < 1.29 is 8.42 Å². The van der Waals surface area contributed by atoms with Gasteiger partial charge in [0.2, 0.25) is 0 Å². The summed E-state index contributed by atoms with van der Waals surface area (Å²) in [7, 11) is -2.90. The molecule has 0 spiro atoms. The summed E-state index contributed by atoms with van der Waals surface area (Å²) < 4.78 is 27.2. The lowest BCUT2D eigenvalue weighted by Crippen LogP contribution is -2.40. The number of pyridine rings is 1. The SMILES string of the molecule is Nc1nsc(N2CCS(=O)(=O)CC2)c1-c1cccnc1. The fourth-order valence-electron chi connectivity index (χ4n) is 2.21. The normalized spacial score (nSPS) is 18.1. The Morgan fingerprint density at radius 3 is 2.70 bits per heavy atom. The summed E-state index contributed by atoms with van der Waals surface area (Å²) in [5.74, 6) is 0.820. The number of nitrogen functional groups attached to an aromatic ring is 1. The van der Waals surface area contributed by atoms with E-state index in [0.29, 0.717) is 18.9 Å². The van der Waals surface area contributed by atoms with Crippen molar-refractivity contribution in [3.8, 4) is 11.1 Å². The van der Waals surface area contributed by atoms with Gasteiger partial charge in [0.05, 0.1) is 17.1 Å². The van der Waals surface area contributed by atoms with E-state index in [-0.39, 0.29) is 11.5 Å². The van der Waals surface area contributed by atoms with Gasteiger partial charge in [-0.25, -0.2) is 8.42 Å². The predicted molar refractivity (Wildman–Crippen MR) is 80.6 cm³/mol. The fourth-order valence-corrected chi connectivity index (χ4v) is 4.30. The number of anilines is 2. The summed E-state index contributed by atoms with van der Waals surface area (Å²) in [6.07, 6.45) is 3.44. The first-order valence-corrected chi connectivity index (χ1v) is 8.77. The van der Waals surface area contributed by atoms with Crippen LogP contribution in [0, 0.1) is 0 Å². The Balaban J connectivity index is 1.96. The molecule has 1 aliphatic heterocycles. The van der Waals surface area contributed by atoms with E-state index >= 15 is 0 Å². The molecule has 6 nitrogen and oxygen atoms in total. The standard InChI is InChI=1S/C12H14N4O2S2/c13-11-10(9-2-1-3-14-8-9)12(19-15-11)16-4-6-20(17,18)7-5-16/h1-3,8H,4-7H2,(H2,13,15). The summed E-state index contributed by atoms with van der Waals surface area (Å²) in [6, 6.07) is 3.77. The molecule has 2 N–H and O–H groups in total. The fraction of sp³-hybridized carbons (Fsp3) is 0.333. The first kappa shape index (κ1) is 13.3. The maximum absolute atomic E-state index is 11.5. The smallest absolute Gasteiger partial charge is 0.153 e. The van der Waals surface area contributed by atoms with Crippen LogP contribution in [-0.4, -0.2) is 42.4 Å². The molecule has 20 heavy (non-hydrogen) atoms. The van der Waals surface area contributed by atoms with Gasteiger partial charge in [0.1, 0.15) is 10.8 Å². The van der Waals surface area contributed by atoms with Crippen molar-refractivity contribution >= 4 is 32.2 Å². The van der Waals surface area contributed by atoms with Crippen LogP contribution in [0.25, 0.3) is 11.1 Å². The van der Waals surface area contributed by atoms with E-state index < -0.39 is 9.84 Å². The van der Waals surface area contributed by atoms with Gasteiger partial charge < -0.3 is 10.6 Å². The van der Waals surface area contributed by atoms with Crippen molar-refractivity contribution in [2.45, 2.75) is 0 Å². The third kappa shape index (κ3) is 2.48. The van der Waals surface area contributed by atoms with Crippen LogP contribution in [-0.2, 0) is 9.84 Å². The third-order valence-electron chi connectivity index (χ3n) is 3.28. The second-order valence-corrected chi connectivity index (χ2v) is 7.68. The molecule has 0 aromatic carbocycles. The highest BCUT2D eigenvalue weighted by Gasteiger charge is 2.26. The van der Waals surface area contributed by atoms with Gasteiger partial charge >= 0.3 is 0 Å². The van der Waals surface area contributed by atoms with Gasteiger partial charge in [0, 0.05) is 31.0 Å². The minimum absolute atomic E-state index is 0.178. The van der Waals surface area contributed by atoms with Crippen LogP contribution in [0.1, 0.15) is 0 Å². The van der Waals surface area contributed by atoms with Gasteiger partial charge in [-0.05, 0) is 17.6 Å². The molecule has 1 aliphatic rings. The van der Waals surface area contributed by atoms with Crippen LogP contribution in [0.4, 0.5) is 10.8 Å². The Kier molecular flexibility index (Phi) is 3.35. The van der Waals surface area contributed by atoms with Crippen molar-refractivity contribution in [1.82, 2.24) is 9.36 Å². The second-order valence-electron chi connectivity index (χ2n) is 4.63. The molecule has 0 unspecified atom stereocenters. The third-order valence-corrected chi connectivity index (χ3v) is 5.81. The largest absolute Gasteiger partial charge is 0.382 e. The van der Waals surface area contributed by atoms with E-state index in [4.69, 9.17) is 5.73 Å². The summed E-state index contributed by atoms with van der Waals surface area (Å²) in [6.45, 7) is 0.967. The number of nitrogens with zero attached hydrogens (tertiary/aromatic N) is 3. The molecule has 1 saturated heterocycles.